The number of ether oxygens (including phenoxy) is 4. The first-order valence-electron chi connectivity index (χ1n) is 10.4. The average Bonchev–Trinajstić information content (AvgIpc) is 3.31. The lowest BCUT2D eigenvalue weighted by molar-refractivity contribution is 0.0977. The second-order valence-corrected chi connectivity index (χ2v) is 7.66. The number of fused-ring (bicyclic) bond motifs is 1. The maximum absolute atomic E-state index is 12.7. The number of carbonyl (C=O) groups is 1. The Morgan fingerprint density at radius 3 is 2.17 bits per heavy atom. The van der Waals surface area contributed by atoms with Crippen molar-refractivity contribution >= 4 is 40.0 Å². The van der Waals surface area contributed by atoms with E-state index in [0.29, 0.717) is 51.2 Å². The van der Waals surface area contributed by atoms with Gasteiger partial charge in [-0.2, -0.15) is 0 Å². The summed E-state index contributed by atoms with van der Waals surface area (Å²) in [6.07, 6.45) is 0. The summed E-state index contributed by atoms with van der Waals surface area (Å²) < 4.78 is 26.9. The fraction of sp³-hybridized carbons (Fsp3) is 0.160. The van der Waals surface area contributed by atoms with Gasteiger partial charge in [-0.15, -0.1) is 0 Å². The lowest BCUT2D eigenvalue weighted by atomic mass is 10.1. The molecule has 10 heteroatoms. The maximum atomic E-state index is 12.7. The summed E-state index contributed by atoms with van der Waals surface area (Å²) in [5, 5.41) is 5.76. The van der Waals surface area contributed by atoms with Crippen LogP contribution in [0, 0.1) is 0 Å². The summed E-state index contributed by atoms with van der Waals surface area (Å²) in [6, 6.07) is 15.8. The molecule has 4 rings (SSSR count). The van der Waals surface area contributed by atoms with Crippen LogP contribution in [0.2, 0.25) is 0 Å². The third-order valence-electron chi connectivity index (χ3n) is 5.14. The van der Waals surface area contributed by atoms with Crippen molar-refractivity contribution in [1.82, 2.24) is 10.3 Å². The average molecular weight is 494 g/mol. The zero-order valence-electron chi connectivity index (χ0n) is 19.5. The molecule has 1 amide bonds. The van der Waals surface area contributed by atoms with Crippen molar-refractivity contribution in [2.24, 2.45) is 0 Å². The van der Waals surface area contributed by atoms with E-state index >= 15 is 0 Å². The molecular weight excluding hydrogens is 470 g/mol. The van der Waals surface area contributed by atoms with Crippen LogP contribution in [0.1, 0.15) is 10.4 Å². The van der Waals surface area contributed by atoms with Crippen molar-refractivity contribution in [2.75, 3.05) is 33.8 Å². The molecule has 0 bridgehead atoms. The van der Waals surface area contributed by atoms with E-state index in [1.54, 1.807) is 19.2 Å². The van der Waals surface area contributed by atoms with Gasteiger partial charge in [-0.25, -0.2) is 4.98 Å². The van der Waals surface area contributed by atoms with Gasteiger partial charge in [0.2, 0.25) is 11.6 Å². The van der Waals surface area contributed by atoms with E-state index in [4.69, 9.17) is 35.6 Å². The van der Waals surface area contributed by atoms with Crippen molar-refractivity contribution in [3.63, 3.8) is 0 Å². The summed E-state index contributed by atoms with van der Waals surface area (Å²) in [4.78, 5) is 17.2. The van der Waals surface area contributed by atoms with Gasteiger partial charge in [-0.1, -0.05) is 0 Å². The van der Waals surface area contributed by atoms with Crippen LogP contribution in [0.25, 0.3) is 22.6 Å². The quantitative estimate of drug-likeness (QED) is 0.356. The van der Waals surface area contributed by atoms with Gasteiger partial charge in [-0.3, -0.25) is 10.1 Å². The monoisotopic (exact) mass is 493 g/mol. The second kappa shape index (κ2) is 10.3. The van der Waals surface area contributed by atoms with Crippen molar-refractivity contribution in [1.29, 1.82) is 0 Å². The summed E-state index contributed by atoms with van der Waals surface area (Å²) >= 11 is 5.30. The van der Waals surface area contributed by atoms with Crippen LogP contribution in [-0.4, -0.2) is 44.4 Å². The third-order valence-corrected chi connectivity index (χ3v) is 5.34. The number of aromatic nitrogens is 1. The fourth-order valence-corrected chi connectivity index (χ4v) is 3.61. The van der Waals surface area contributed by atoms with Gasteiger partial charge in [-0.05, 0) is 60.7 Å². The minimum Gasteiger partial charge on any atom is -0.497 e. The predicted octanol–water partition coefficient (Wildman–Crippen LogP) is 4.66. The Morgan fingerprint density at radius 2 is 1.57 bits per heavy atom. The minimum atomic E-state index is -0.430. The van der Waals surface area contributed by atoms with Crippen LogP contribution >= 0.6 is 12.2 Å². The Bertz CT molecular complexity index is 1360. The van der Waals surface area contributed by atoms with Gasteiger partial charge in [0.15, 0.2) is 22.2 Å². The largest absolute Gasteiger partial charge is 0.497 e. The van der Waals surface area contributed by atoms with Crippen LogP contribution in [0.15, 0.2) is 59.0 Å². The molecule has 0 atom stereocenters. The van der Waals surface area contributed by atoms with E-state index in [1.165, 1.54) is 21.3 Å². The number of oxazole rings is 1. The molecule has 180 valence electrons. The third kappa shape index (κ3) is 5.12. The van der Waals surface area contributed by atoms with E-state index in [-0.39, 0.29) is 5.11 Å². The number of nitrogens with zero attached hydrogens (tertiary/aromatic N) is 1. The highest BCUT2D eigenvalue weighted by molar-refractivity contribution is 7.80. The SMILES string of the molecule is COc1ccc2oc(-c3ccc(NC(=S)NC(=O)c4cc(OC)c(OC)c(OC)c4)cc3)nc2c1. The van der Waals surface area contributed by atoms with Crippen molar-refractivity contribution < 1.29 is 28.2 Å². The molecule has 0 radical (unpaired) electrons. The number of benzene rings is 3. The molecule has 0 aliphatic carbocycles. The Hall–Kier alpha value is -4.31. The Morgan fingerprint density at radius 1 is 0.886 bits per heavy atom. The number of anilines is 1. The molecule has 1 heterocycles. The zero-order chi connectivity index (χ0) is 24.9. The summed E-state index contributed by atoms with van der Waals surface area (Å²) in [6.45, 7) is 0. The fourth-order valence-electron chi connectivity index (χ4n) is 3.40. The molecular formula is C25H23N3O6S. The number of rotatable bonds is 7. The number of amides is 1. The van der Waals surface area contributed by atoms with Crippen LogP contribution in [-0.2, 0) is 0 Å². The molecule has 0 aliphatic rings. The summed E-state index contributed by atoms with van der Waals surface area (Å²) in [5.74, 6) is 1.89. The van der Waals surface area contributed by atoms with Gasteiger partial charge in [0.25, 0.3) is 5.91 Å². The number of hydrogen-bond donors (Lipinski definition) is 2. The van der Waals surface area contributed by atoms with Crippen molar-refractivity contribution in [2.45, 2.75) is 0 Å². The molecule has 2 N–H and O–H groups in total. The van der Waals surface area contributed by atoms with E-state index in [0.717, 1.165) is 5.56 Å². The summed E-state index contributed by atoms with van der Waals surface area (Å²) in [7, 11) is 6.05. The Balaban J connectivity index is 1.44. The molecule has 0 fully saturated rings. The van der Waals surface area contributed by atoms with Gasteiger partial charge < -0.3 is 28.7 Å². The lowest BCUT2D eigenvalue weighted by Crippen LogP contribution is -2.34. The van der Waals surface area contributed by atoms with Gasteiger partial charge in [0.1, 0.15) is 11.3 Å². The van der Waals surface area contributed by atoms with Crippen LogP contribution < -0.4 is 29.6 Å². The number of thiocarbonyl (C=S) groups is 1. The second-order valence-electron chi connectivity index (χ2n) is 7.25. The molecule has 9 nitrogen and oxygen atoms in total. The number of nitrogens with one attached hydrogen (secondary N) is 2. The molecule has 1 aromatic heterocycles. The molecule has 0 saturated carbocycles. The van der Waals surface area contributed by atoms with Gasteiger partial charge >= 0.3 is 0 Å². The minimum absolute atomic E-state index is 0.130. The van der Waals surface area contributed by atoms with E-state index in [2.05, 4.69) is 15.6 Å². The van der Waals surface area contributed by atoms with Crippen molar-refractivity contribution in [3.8, 4) is 34.5 Å². The normalized spacial score (nSPS) is 10.5. The molecule has 4 aromatic rings. The Kier molecular flexibility index (Phi) is 7.02. The summed E-state index contributed by atoms with van der Waals surface area (Å²) in [5.41, 5.74) is 3.14. The van der Waals surface area contributed by atoms with Gasteiger partial charge in [0.05, 0.1) is 28.4 Å². The highest BCUT2D eigenvalue weighted by Crippen LogP contribution is 2.38. The first-order valence-corrected chi connectivity index (χ1v) is 10.8. The van der Waals surface area contributed by atoms with Crippen LogP contribution in [0.5, 0.6) is 23.0 Å². The Labute approximate surface area is 207 Å². The van der Waals surface area contributed by atoms with Crippen LogP contribution in [0.3, 0.4) is 0 Å². The number of hydrogen-bond acceptors (Lipinski definition) is 8. The molecule has 0 saturated heterocycles. The topological polar surface area (TPSA) is 104 Å². The molecule has 0 aliphatic heterocycles. The smallest absolute Gasteiger partial charge is 0.257 e. The number of carbonyl (C=O) groups excluding carboxylic acids is 1. The lowest BCUT2D eigenvalue weighted by Gasteiger charge is -2.14. The van der Waals surface area contributed by atoms with E-state index < -0.39 is 5.91 Å². The molecule has 35 heavy (non-hydrogen) atoms. The van der Waals surface area contributed by atoms with E-state index in [9.17, 15) is 4.79 Å². The van der Waals surface area contributed by atoms with Crippen molar-refractivity contribution in [3.05, 3.63) is 60.2 Å². The number of methoxy groups -OCH3 is 4. The predicted molar refractivity (Wildman–Crippen MR) is 136 cm³/mol. The highest BCUT2D eigenvalue weighted by atomic mass is 32.1. The van der Waals surface area contributed by atoms with Gasteiger partial charge in [0, 0.05) is 22.9 Å². The van der Waals surface area contributed by atoms with E-state index in [1.807, 2.05) is 42.5 Å². The first-order chi connectivity index (χ1) is 16.9. The zero-order valence-corrected chi connectivity index (χ0v) is 20.3. The standard InChI is InChI=1S/C25H23N3O6S/c1-30-17-9-10-19-18(13-17)27-24(34-19)14-5-7-16(8-6-14)26-25(35)28-23(29)15-11-20(31-2)22(33-4)21(12-15)32-3/h5-13H,1-4H3,(H2,26,28,29,35). The first kappa shape index (κ1) is 23.8. The van der Waals surface area contributed by atoms with Crippen LogP contribution in [0.4, 0.5) is 5.69 Å². The molecule has 3 aromatic carbocycles. The molecule has 0 unspecified atom stereocenters. The highest BCUT2D eigenvalue weighted by Gasteiger charge is 2.18. The molecule has 0 spiro atoms. The maximum Gasteiger partial charge on any atom is 0.257 e.